The molecule has 4 aromatic rings. The Hall–Kier alpha value is -4.91. The minimum absolute atomic E-state index is 0.0663. The van der Waals surface area contributed by atoms with Crippen molar-refractivity contribution < 1.29 is 33.3 Å². The van der Waals surface area contributed by atoms with E-state index in [-0.39, 0.29) is 24.0 Å². The summed E-state index contributed by atoms with van der Waals surface area (Å²) >= 11 is 0. The highest BCUT2D eigenvalue weighted by Crippen LogP contribution is 2.23. The van der Waals surface area contributed by atoms with Crippen LogP contribution in [-0.4, -0.2) is 38.4 Å². The zero-order chi connectivity index (χ0) is 29.0. The van der Waals surface area contributed by atoms with Crippen LogP contribution in [0.1, 0.15) is 57.5 Å². The Kier molecular flexibility index (Phi) is 10.3. The van der Waals surface area contributed by atoms with Gasteiger partial charge < -0.3 is 18.9 Å². The van der Waals surface area contributed by atoms with E-state index in [9.17, 15) is 14.4 Å². The lowest BCUT2D eigenvalue weighted by Gasteiger charge is -2.09. The van der Waals surface area contributed by atoms with Crippen molar-refractivity contribution in [3.8, 4) is 23.0 Å². The molecule has 0 saturated carbocycles. The Bertz CT molecular complexity index is 1460. The number of hydrogen-bond acceptors (Lipinski definition) is 7. The van der Waals surface area contributed by atoms with Gasteiger partial charge in [-0.05, 0) is 104 Å². The maximum atomic E-state index is 12.8. The summed E-state index contributed by atoms with van der Waals surface area (Å²) in [6.07, 6.45) is 2.53. The van der Waals surface area contributed by atoms with Gasteiger partial charge in [0.25, 0.3) is 0 Å². The van der Waals surface area contributed by atoms with E-state index in [4.69, 9.17) is 18.9 Å². The van der Waals surface area contributed by atoms with E-state index < -0.39 is 0 Å². The fourth-order valence-corrected chi connectivity index (χ4v) is 4.19. The summed E-state index contributed by atoms with van der Waals surface area (Å²) in [6.45, 7) is 0.502. The Balaban J connectivity index is 1.14. The highest BCUT2D eigenvalue weighted by atomic mass is 16.5. The van der Waals surface area contributed by atoms with E-state index >= 15 is 0 Å². The normalized spacial score (nSPS) is 10.5. The molecule has 4 aromatic carbocycles. The first-order valence-electron chi connectivity index (χ1n) is 13.4. The van der Waals surface area contributed by atoms with Crippen LogP contribution >= 0.6 is 0 Å². The van der Waals surface area contributed by atoms with Crippen molar-refractivity contribution in [2.24, 2.45) is 0 Å². The molecule has 0 aromatic heterocycles. The van der Waals surface area contributed by atoms with Crippen molar-refractivity contribution in [3.05, 3.63) is 119 Å². The first kappa shape index (κ1) is 29.1. The maximum absolute atomic E-state index is 12.8. The SMILES string of the molecule is COc1ccc(C(=O)c2ccc(OCCCCCC(=O)Oc3ccc(C(=O)c4ccccc4OC)cc3)cc2)cc1. The van der Waals surface area contributed by atoms with Crippen LogP contribution in [-0.2, 0) is 4.79 Å². The lowest BCUT2D eigenvalue weighted by atomic mass is 10.0. The highest BCUT2D eigenvalue weighted by Gasteiger charge is 2.14. The molecule has 0 fully saturated rings. The number of benzene rings is 4. The number of rotatable bonds is 14. The second kappa shape index (κ2) is 14.5. The van der Waals surface area contributed by atoms with E-state index in [2.05, 4.69) is 0 Å². The van der Waals surface area contributed by atoms with Crippen LogP contribution in [0.15, 0.2) is 97.1 Å². The fraction of sp³-hybridized carbons (Fsp3) is 0.206. The number of methoxy groups -OCH3 is 2. The summed E-state index contributed by atoms with van der Waals surface area (Å²) in [4.78, 5) is 37.7. The van der Waals surface area contributed by atoms with Gasteiger partial charge in [-0.2, -0.15) is 0 Å². The van der Waals surface area contributed by atoms with Crippen LogP contribution in [0.2, 0.25) is 0 Å². The number of carbonyl (C=O) groups is 3. The molecule has 210 valence electrons. The average molecular weight is 553 g/mol. The van der Waals surface area contributed by atoms with Gasteiger partial charge in [0.2, 0.25) is 0 Å². The molecular weight excluding hydrogens is 520 g/mol. The van der Waals surface area contributed by atoms with Gasteiger partial charge in [0.1, 0.15) is 23.0 Å². The summed E-state index contributed by atoms with van der Waals surface area (Å²) < 4.78 is 21.6. The molecular formula is C34H32O7. The van der Waals surface area contributed by atoms with Gasteiger partial charge in [-0.15, -0.1) is 0 Å². The summed E-state index contributed by atoms with van der Waals surface area (Å²) in [7, 11) is 3.11. The molecule has 0 aliphatic heterocycles. The van der Waals surface area contributed by atoms with Crippen LogP contribution in [0.4, 0.5) is 0 Å². The van der Waals surface area contributed by atoms with Crippen LogP contribution in [0.25, 0.3) is 0 Å². The number of unbranched alkanes of at least 4 members (excludes halogenated alkanes) is 2. The quantitative estimate of drug-likeness (QED) is 0.0743. The van der Waals surface area contributed by atoms with E-state index in [1.165, 1.54) is 7.11 Å². The lowest BCUT2D eigenvalue weighted by Crippen LogP contribution is -2.08. The monoisotopic (exact) mass is 552 g/mol. The van der Waals surface area contributed by atoms with Crippen molar-refractivity contribution in [1.82, 2.24) is 0 Å². The predicted octanol–water partition coefficient (Wildman–Crippen LogP) is 6.71. The maximum Gasteiger partial charge on any atom is 0.311 e. The molecule has 0 bridgehead atoms. The molecule has 4 rings (SSSR count). The summed E-state index contributed by atoms with van der Waals surface area (Å²) in [5.74, 6) is 1.73. The summed E-state index contributed by atoms with van der Waals surface area (Å²) in [5, 5.41) is 0. The minimum atomic E-state index is -0.327. The van der Waals surface area contributed by atoms with Gasteiger partial charge in [0.05, 0.1) is 26.4 Å². The average Bonchev–Trinajstić information content (AvgIpc) is 3.02. The third kappa shape index (κ3) is 8.05. The van der Waals surface area contributed by atoms with Gasteiger partial charge >= 0.3 is 5.97 Å². The van der Waals surface area contributed by atoms with Gasteiger partial charge in [0, 0.05) is 23.1 Å². The van der Waals surface area contributed by atoms with Crippen molar-refractivity contribution in [2.45, 2.75) is 25.7 Å². The predicted molar refractivity (Wildman–Crippen MR) is 155 cm³/mol. The van der Waals surface area contributed by atoms with Crippen LogP contribution in [0, 0.1) is 0 Å². The standard InChI is InChI=1S/C34H32O7/c1-38-27-17-11-24(12-18-27)33(36)25-13-19-28(20-14-25)40-23-7-3-4-10-32(35)41-29-21-15-26(16-22-29)34(37)30-8-5-6-9-31(30)39-2/h5-6,8-9,11-22H,3-4,7,10,23H2,1-2H3. The molecule has 0 unspecified atom stereocenters. The van der Waals surface area contributed by atoms with Crippen LogP contribution in [0.3, 0.4) is 0 Å². The summed E-state index contributed by atoms with van der Waals surface area (Å²) in [6, 6.07) is 27.6. The number of ketones is 2. The number of carbonyl (C=O) groups excluding carboxylic acids is 3. The number of para-hydroxylation sites is 1. The third-order valence-corrected chi connectivity index (χ3v) is 6.46. The Morgan fingerprint density at radius 3 is 1.73 bits per heavy atom. The zero-order valence-electron chi connectivity index (χ0n) is 23.1. The molecule has 0 spiro atoms. The van der Waals surface area contributed by atoms with Crippen molar-refractivity contribution in [3.63, 3.8) is 0 Å². The Labute approximate surface area is 239 Å². The Morgan fingerprint density at radius 1 is 0.561 bits per heavy atom. The van der Waals surface area contributed by atoms with Gasteiger partial charge in [0.15, 0.2) is 11.6 Å². The van der Waals surface area contributed by atoms with E-state index in [0.717, 1.165) is 12.8 Å². The highest BCUT2D eigenvalue weighted by molar-refractivity contribution is 6.11. The second-order valence-corrected chi connectivity index (χ2v) is 9.27. The number of esters is 1. The molecule has 0 N–H and O–H groups in total. The van der Waals surface area contributed by atoms with Crippen molar-refractivity contribution >= 4 is 17.5 Å². The third-order valence-electron chi connectivity index (χ3n) is 6.46. The first-order chi connectivity index (χ1) is 20.0. The van der Waals surface area contributed by atoms with E-state index in [1.807, 2.05) is 0 Å². The second-order valence-electron chi connectivity index (χ2n) is 9.27. The molecule has 0 atom stereocenters. The smallest absolute Gasteiger partial charge is 0.311 e. The van der Waals surface area contributed by atoms with Gasteiger partial charge in [-0.3, -0.25) is 14.4 Å². The van der Waals surface area contributed by atoms with E-state index in [0.29, 0.717) is 58.3 Å². The Morgan fingerprint density at radius 2 is 1.12 bits per heavy atom. The molecule has 0 heterocycles. The molecule has 41 heavy (non-hydrogen) atoms. The molecule has 0 amide bonds. The lowest BCUT2D eigenvalue weighted by molar-refractivity contribution is -0.134. The fourth-order valence-electron chi connectivity index (χ4n) is 4.19. The van der Waals surface area contributed by atoms with Crippen LogP contribution < -0.4 is 18.9 Å². The van der Waals surface area contributed by atoms with Crippen molar-refractivity contribution in [2.75, 3.05) is 20.8 Å². The van der Waals surface area contributed by atoms with E-state index in [1.54, 1.807) is 104 Å². The molecule has 0 saturated heterocycles. The van der Waals surface area contributed by atoms with Gasteiger partial charge in [-0.1, -0.05) is 12.1 Å². The molecule has 0 aliphatic carbocycles. The topological polar surface area (TPSA) is 88.1 Å². The van der Waals surface area contributed by atoms with Gasteiger partial charge in [-0.25, -0.2) is 0 Å². The minimum Gasteiger partial charge on any atom is -0.497 e. The zero-order valence-corrected chi connectivity index (χ0v) is 23.1. The number of ether oxygens (including phenoxy) is 4. The molecule has 7 nitrogen and oxygen atoms in total. The first-order valence-corrected chi connectivity index (χ1v) is 13.4. The summed E-state index contributed by atoms with van der Waals surface area (Å²) in [5.41, 5.74) is 2.13. The number of hydrogen-bond donors (Lipinski definition) is 0. The molecule has 7 heteroatoms. The van der Waals surface area contributed by atoms with Crippen LogP contribution in [0.5, 0.6) is 23.0 Å². The molecule has 0 radical (unpaired) electrons. The molecule has 0 aliphatic rings. The largest absolute Gasteiger partial charge is 0.497 e. The van der Waals surface area contributed by atoms with Crippen molar-refractivity contribution in [1.29, 1.82) is 0 Å².